The number of rotatable bonds is 5. The van der Waals surface area contributed by atoms with E-state index in [2.05, 4.69) is 5.32 Å². The van der Waals surface area contributed by atoms with Gasteiger partial charge >= 0.3 is 0 Å². The number of nitro groups is 1. The quantitative estimate of drug-likeness (QED) is 0.638. The minimum Gasteiger partial charge on any atom is -0.330 e. The van der Waals surface area contributed by atoms with E-state index in [9.17, 15) is 14.9 Å². The van der Waals surface area contributed by atoms with Crippen LogP contribution in [-0.4, -0.2) is 17.4 Å². The number of nitrogens with one attached hydrogen (secondary N) is 1. The Balaban J connectivity index is 3.11. The molecule has 0 bridgehead atoms. The molecule has 6 heteroatoms. The Morgan fingerprint density at radius 3 is 2.35 bits per heavy atom. The fourth-order valence-corrected chi connectivity index (χ4v) is 1.96. The van der Waals surface area contributed by atoms with Gasteiger partial charge in [-0.1, -0.05) is 13.8 Å². The van der Waals surface area contributed by atoms with Gasteiger partial charge in [0, 0.05) is 12.6 Å². The molecule has 1 rings (SSSR count). The van der Waals surface area contributed by atoms with Gasteiger partial charge in [0.1, 0.15) is 5.69 Å². The largest absolute Gasteiger partial charge is 0.330 e. The third-order valence-corrected chi connectivity index (χ3v) is 3.46. The number of benzene rings is 1. The number of carbonyl (C=O) groups is 1. The Kier molecular flexibility index (Phi) is 5.21. The lowest BCUT2D eigenvalue weighted by molar-refractivity contribution is -0.384. The van der Waals surface area contributed by atoms with Gasteiger partial charge in [0.15, 0.2) is 0 Å². The number of carbonyl (C=O) groups excluding carboxylic acids is 1. The highest BCUT2D eigenvalue weighted by Gasteiger charge is 2.24. The lowest BCUT2D eigenvalue weighted by Crippen LogP contribution is -2.33. The zero-order valence-electron chi connectivity index (χ0n) is 12.3. The summed E-state index contributed by atoms with van der Waals surface area (Å²) >= 11 is 0. The van der Waals surface area contributed by atoms with E-state index in [-0.39, 0.29) is 35.7 Å². The Hall–Kier alpha value is -1.95. The zero-order valence-corrected chi connectivity index (χ0v) is 12.3. The Bertz CT molecular complexity index is 527. The average molecular weight is 279 g/mol. The molecular formula is C14H21N3O3. The van der Waals surface area contributed by atoms with Crippen LogP contribution in [0.5, 0.6) is 0 Å². The molecule has 0 aliphatic carbocycles. The molecule has 0 spiro atoms. The number of anilines is 1. The van der Waals surface area contributed by atoms with E-state index in [4.69, 9.17) is 5.73 Å². The second-order valence-electron chi connectivity index (χ2n) is 5.29. The van der Waals surface area contributed by atoms with Gasteiger partial charge in [-0.05, 0) is 37.0 Å². The van der Waals surface area contributed by atoms with Crippen molar-refractivity contribution >= 4 is 17.3 Å². The predicted molar refractivity (Wildman–Crippen MR) is 78.6 cm³/mol. The minimum absolute atomic E-state index is 0.0746. The van der Waals surface area contributed by atoms with E-state index >= 15 is 0 Å². The molecule has 0 aliphatic heterocycles. The van der Waals surface area contributed by atoms with E-state index in [1.165, 1.54) is 6.07 Å². The highest BCUT2D eigenvalue weighted by atomic mass is 16.6. The molecular weight excluding hydrogens is 258 g/mol. The summed E-state index contributed by atoms with van der Waals surface area (Å²) in [7, 11) is 0. The van der Waals surface area contributed by atoms with E-state index in [1.807, 2.05) is 20.8 Å². The molecule has 1 atom stereocenters. The van der Waals surface area contributed by atoms with Crippen LogP contribution in [0.2, 0.25) is 0 Å². The number of amides is 1. The van der Waals surface area contributed by atoms with Crippen molar-refractivity contribution in [1.29, 1.82) is 0 Å². The van der Waals surface area contributed by atoms with Gasteiger partial charge in [-0.15, -0.1) is 0 Å². The zero-order chi connectivity index (χ0) is 15.4. The molecule has 20 heavy (non-hydrogen) atoms. The average Bonchev–Trinajstić information content (AvgIpc) is 2.33. The first kappa shape index (κ1) is 16.1. The van der Waals surface area contributed by atoms with E-state index < -0.39 is 4.92 Å². The summed E-state index contributed by atoms with van der Waals surface area (Å²) in [6.07, 6.45) is 0. The van der Waals surface area contributed by atoms with Gasteiger partial charge in [0.2, 0.25) is 5.91 Å². The van der Waals surface area contributed by atoms with Crippen molar-refractivity contribution in [3.8, 4) is 0 Å². The van der Waals surface area contributed by atoms with Gasteiger partial charge in [-0.25, -0.2) is 0 Å². The molecule has 1 unspecified atom stereocenters. The number of nitrogens with zero attached hydrogens (tertiary/aromatic N) is 1. The van der Waals surface area contributed by atoms with Crippen LogP contribution in [0.15, 0.2) is 12.1 Å². The minimum atomic E-state index is -0.491. The van der Waals surface area contributed by atoms with Crippen LogP contribution in [0.4, 0.5) is 11.4 Å². The van der Waals surface area contributed by atoms with Crippen molar-refractivity contribution in [2.75, 3.05) is 11.9 Å². The number of hydrogen-bond acceptors (Lipinski definition) is 4. The summed E-state index contributed by atoms with van der Waals surface area (Å²) in [5.41, 5.74) is 7.42. The maximum absolute atomic E-state index is 12.1. The van der Waals surface area contributed by atoms with Crippen LogP contribution in [-0.2, 0) is 4.79 Å². The third-order valence-electron chi connectivity index (χ3n) is 3.46. The molecule has 3 N–H and O–H groups in total. The Labute approximate surface area is 118 Å². The van der Waals surface area contributed by atoms with E-state index in [0.29, 0.717) is 0 Å². The highest BCUT2D eigenvalue weighted by Crippen LogP contribution is 2.28. The second kappa shape index (κ2) is 6.47. The summed E-state index contributed by atoms with van der Waals surface area (Å²) in [6.45, 7) is 7.64. The van der Waals surface area contributed by atoms with Crippen molar-refractivity contribution in [3.63, 3.8) is 0 Å². The summed E-state index contributed by atoms with van der Waals surface area (Å²) in [5.74, 6) is -0.573. The Morgan fingerprint density at radius 1 is 1.35 bits per heavy atom. The number of hydrogen-bond donors (Lipinski definition) is 2. The third kappa shape index (κ3) is 3.54. The lowest BCUT2D eigenvalue weighted by atomic mass is 9.95. The lowest BCUT2D eigenvalue weighted by Gasteiger charge is -2.18. The number of aryl methyl sites for hydroxylation is 2. The standard InChI is InChI=1S/C14H21N3O3/c1-8(2)11(7-15)14(18)16-12-5-9(3)10(4)6-13(12)17(19)20/h5-6,8,11H,7,15H2,1-4H3,(H,16,18). The predicted octanol–water partition coefficient (Wildman–Crippen LogP) is 2.38. The maximum Gasteiger partial charge on any atom is 0.293 e. The van der Waals surface area contributed by atoms with Gasteiger partial charge in [0.05, 0.1) is 10.8 Å². The van der Waals surface area contributed by atoms with Gasteiger partial charge in [0.25, 0.3) is 5.69 Å². The molecule has 1 aromatic rings. The summed E-state index contributed by atoms with van der Waals surface area (Å²) in [4.78, 5) is 22.7. The van der Waals surface area contributed by atoms with Crippen LogP contribution in [0.25, 0.3) is 0 Å². The molecule has 0 saturated carbocycles. The summed E-state index contributed by atoms with van der Waals surface area (Å²) < 4.78 is 0. The molecule has 0 heterocycles. The molecule has 0 radical (unpaired) electrons. The van der Waals surface area contributed by atoms with Crippen molar-refractivity contribution in [2.24, 2.45) is 17.6 Å². The smallest absolute Gasteiger partial charge is 0.293 e. The van der Waals surface area contributed by atoms with Crippen molar-refractivity contribution in [2.45, 2.75) is 27.7 Å². The topological polar surface area (TPSA) is 98.3 Å². The van der Waals surface area contributed by atoms with Crippen molar-refractivity contribution in [3.05, 3.63) is 33.4 Å². The summed E-state index contributed by atoms with van der Waals surface area (Å²) in [5, 5.41) is 13.7. The SMILES string of the molecule is Cc1cc(NC(=O)C(CN)C(C)C)c([N+](=O)[O-])cc1C. The monoisotopic (exact) mass is 279 g/mol. The normalized spacial score (nSPS) is 12.3. The Morgan fingerprint density at radius 2 is 1.90 bits per heavy atom. The first-order valence-corrected chi connectivity index (χ1v) is 6.54. The molecule has 1 aromatic carbocycles. The van der Waals surface area contributed by atoms with Crippen molar-refractivity contribution in [1.82, 2.24) is 0 Å². The van der Waals surface area contributed by atoms with E-state index in [1.54, 1.807) is 13.0 Å². The van der Waals surface area contributed by atoms with Crippen LogP contribution in [0.1, 0.15) is 25.0 Å². The molecule has 1 amide bonds. The molecule has 110 valence electrons. The first-order chi connectivity index (χ1) is 9.27. The molecule has 0 fully saturated rings. The first-order valence-electron chi connectivity index (χ1n) is 6.54. The van der Waals surface area contributed by atoms with Crippen LogP contribution in [0.3, 0.4) is 0 Å². The van der Waals surface area contributed by atoms with Crippen LogP contribution < -0.4 is 11.1 Å². The maximum atomic E-state index is 12.1. The number of nitrogens with two attached hydrogens (primary N) is 1. The second-order valence-corrected chi connectivity index (χ2v) is 5.29. The van der Waals surface area contributed by atoms with Crippen LogP contribution >= 0.6 is 0 Å². The van der Waals surface area contributed by atoms with E-state index in [0.717, 1.165) is 11.1 Å². The fourth-order valence-electron chi connectivity index (χ4n) is 1.96. The van der Waals surface area contributed by atoms with Gasteiger partial charge < -0.3 is 11.1 Å². The van der Waals surface area contributed by atoms with Gasteiger partial charge in [-0.2, -0.15) is 0 Å². The molecule has 6 nitrogen and oxygen atoms in total. The molecule has 0 saturated heterocycles. The molecule has 0 aromatic heterocycles. The van der Waals surface area contributed by atoms with Crippen LogP contribution in [0, 0.1) is 35.8 Å². The fraction of sp³-hybridized carbons (Fsp3) is 0.500. The molecule has 0 aliphatic rings. The van der Waals surface area contributed by atoms with Gasteiger partial charge in [-0.3, -0.25) is 14.9 Å². The number of nitro benzene ring substituents is 1. The van der Waals surface area contributed by atoms with Crippen molar-refractivity contribution < 1.29 is 9.72 Å². The highest BCUT2D eigenvalue weighted by molar-refractivity contribution is 5.95. The summed E-state index contributed by atoms with van der Waals surface area (Å²) in [6, 6.07) is 3.09.